The molecule has 1 fully saturated rings. The molecular weight excluding hydrogens is 432 g/mol. The lowest BCUT2D eigenvalue weighted by Crippen LogP contribution is -2.64. The highest BCUT2D eigenvalue weighted by Crippen LogP contribution is 2.30. The number of aromatic nitrogens is 3. The molecular formula is C18H17F6N5O2. The quantitative estimate of drug-likeness (QED) is 0.704. The first-order valence-electron chi connectivity index (χ1n) is 9.02. The van der Waals surface area contributed by atoms with Gasteiger partial charge in [-0.1, -0.05) is 0 Å². The summed E-state index contributed by atoms with van der Waals surface area (Å²) >= 11 is 0. The van der Waals surface area contributed by atoms with Crippen molar-refractivity contribution < 1.29 is 35.9 Å². The molecule has 0 aromatic carbocycles. The Balaban J connectivity index is 1.64. The fraction of sp³-hybridized carbons (Fsp3) is 0.444. The second-order valence-electron chi connectivity index (χ2n) is 6.92. The minimum absolute atomic E-state index is 0.197. The van der Waals surface area contributed by atoms with Crippen molar-refractivity contribution in [2.45, 2.75) is 44.6 Å². The molecule has 0 saturated carbocycles. The second-order valence-corrected chi connectivity index (χ2v) is 6.92. The Bertz CT molecular complexity index is 934. The molecule has 0 bridgehead atoms. The van der Waals surface area contributed by atoms with Gasteiger partial charge in [-0.3, -0.25) is 14.5 Å². The van der Waals surface area contributed by atoms with E-state index < -0.39 is 42.3 Å². The van der Waals surface area contributed by atoms with E-state index in [-0.39, 0.29) is 18.1 Å². The van der Waals surface area contributed by atoms with Crippen molar-refractivity contribution in [1.29, 1.82) is 0 Å². The van der Waals surface area contributed by atoms with E-state index in [1.165, 1.54) is 30.9 Å². The normalized spacial score (nSPS) is 20.2. The van der Waals surface area contributed by atoms with Crippen LogP contribution in [0.2, 0.25) is 0 Å². The number of rotatable bonds is 5. The van der Waals surface area contributed by atoms with Crippen molar-refractivity contribution in [1.82, 2.24) is 19.9 Å². The first-order chi connectivity index (χ1) is 14.3. The van der Waals surface area contributed by atoms with E-state index in [2.05, 4.69) is 25.0 Å². The van der Waals surface area contributed by atoms with Crippen molar-refractivity contribution in [3.05, 3.63) is 36.4 Å². The molecule has 31 heavy (non-hydrogen) atoms. The van der Waals surface area contributed by atoms with E-state index in [0.717, 1.165) is 18.6 Å². The Hall–Kier alpha value is -2.96. The molecule has 0 radical (unpaired) electrons. The van der Waals surface area contributed by atoms with E-state index in [9.17, 15) is 31.1 Å². The van der Waals surface area contributed by atoms with E-state index in [4.69, 9.17) is 0 Å². The molecule has 7 nitrogen and oxygen atoms in total. The highest BCUT2D eigenvalue weighted by Gasteiger charge is 2.46. The zero-order chi connectivity index (χ0) is 23.0. The number of hydrogen-bond donors (Lipinski definition) is 1. The van der Waals surface area contributed by atoms with Gasteiger partial charge >= 0.3 is 12.5 Å². The van der Waals surface area contributed by atoms with Gasteiger partial charge in [0.1, 0.15) is 30.0 Å². The Morgan fingerprint density at radius 1 is 1.19 bits per heavy atom. The molecule has 1 N–H and O–H groups in total. The summed E-state index contributed by atoms with van der Waals surface area (Å²) in [6, 6.07) is 1.86. The molecule has 1 amide bonds. The number of nitrogens with zero attached hydrogens (tertiary/aromatic N) is 4. The van der Waals surface area contributed by atoms with Crippen molar-refractivity contribution in [2.75, 3.05) is 11.9 Å². The Morgan fingerprint density at radius 3 is 2.45 bits per heavy atom. The number of pyridine rings is 1. The van der Waals surface area contributed by atoms with Crippen LogP contribution in [-0.4, -0.2) is 56.9 Å². The van der Waals surface area contributed by atoms with Crippen molar-refractivity contribution in [3.8, 4) is 11.3 Å². The number of likely N-dealkylation sites (tertiary alicyclic amines) is 1. The molecule has 3 rings (SSSR count). The van der Waals surface area contributed by atoms with Crippen LogP contribution < -0.4 is 5.32 Å². The fourth-order valence-corrected chi connectivity index (χ4v) is 3.01. The number of ether oxygens (including phenoxy) is 1. The molecule has 3 atom stereocenters. The highest BCUT2D eigenvalue weighted by molar-refractivity contribution is 5.85. The van der Waals surface area contributed by atoms with E-state index >= 15 is 0 Å². The molecule has 0 spiro atoms. The lowest BCUT2D eigenvalue weighted by molar-refractivity contribution is -0.359. The van der Waals surface area contributed by atoms with Crippen LogP contribution >= 0.6 is 0 Å². The van der Waals surface area contributed by atoms with Gasteiger partial charge in [0.05, 0.1) is 11.7 Å². The van der Waals surface area contributed by atoms with Gasteiger partial charge in [0.25, 0.3) is 0 Å². The standard InChI is InChI=1S/C18H17F6N5O2/c1-9(16(30)29-7-13(10(29)2)31-18(22,23)24)28-15-5-12(26-8-27-15)11-3-4-14(25-6-11)17(19,20)21/h3-6,8-10,13H,7H2,1-2H3,(H,26,27,28)/t9-,10+,13+/m1/s1. The summed E-state index contributed by atoms with van der Waals surface area (Å²) in [6.07, 6.45) is -8.29. The number of alkyl halides is 6. The number of carbonyl (C=O) groups is 1. The monoisotopic (exact) mass is 449 g/mol. The number of nitrogens with one attached hydrogen (secondary N) is 1. The van der Waals surface area contributed by atoms with E-state index in [0.29, 0.717) is 5.56 Å². The van der Waals surface area contributed by atoms with Gasteiger partial charge in [0, 0.05) is 24.4 Å². The molecule has 2 aromatic rings. The topological polar surface area (TPSA) is 80.2 Å². The highest BCUT2D eigenvalue weighted by atomic mass is 19.4. The minimum Gasteiger partial charge on any atom is -0.359 e. The van der Waals surface area contributed by atoms with Crippen LogP contribution in [0.1, 0.15) is 19.5 Å². The average Bonchev–Trinajstić information content (AvgIpc) is 2.69. The largest absolute Gasteiger partial charge is 0.522 e. The van der Waals surface area contributed by atoms with Gasteiger partial charge in [-0.15, -0.1) is 13.2 Å². The summed E-state index contributed by atoms with van der Waals surface area (Å²) in [5.74, 6) is -0.243. The summed E-state index contributed by atoms with van der Waals surface area (Å²) < 4.78 is 78.8. The minimum atomic E-state index is -4.78. The molecule has 0 unspecified atom stereocenters. The van der Waals surface area contributed by atoms with Gasteiger partial charge in [0.2, 0.25) is 5.91 Å². The van der Waals surface area contributed by atoms with E-state index in [1.807, 2.05) is 0 Å². The first kappa shape index (κ1) is 22.7. The number of carbonyl (C=O) groups excluding carboxylic acids is 1. The van der Waals surface area contributed by atoms with Crippen molar-refractivity contribution in [3.63, 3.8) is 0 Å². The molecule has 2 aromatic heterocycles. The van der Waals surface area contributed by atoms with Gasteiger partial charge in [-0.25, -0.2) is 9.97 Å². The van der Waals surface area contributed by atoms with Crippen LogP contribution in [0.25, 0.3) is 11.3 Å². The maximum atomic E-state index is 12.6. The SMILES string of the molecule is C[C@@H](Nc1cc(-c2ccc(C(F)(F)F)nc2)ncn1)C(=O)N1C[C@H](OC(F)(F)F)[C@@H]1C. The summed E-state index contributed by atoms with van der Waals surface area (Å²) in [7, 11) is 0. The van der Waals surface area contributed by atoms with Gasteiger partial charge < -0.3 is 10.2 Å². The van der Waals surface area contributed by atoms with Crippen molar-refractivity contribution >= 4 is 11.7 Å². The first-order valence-corrected chi connectivity index (χ1v) is 9.02. The van der Waals surface area contributed by atoms with Crippen LogP contribution in [-0.2, 0) is 15.7 Å². The molecule has 13 heteroatoms. The second kappa shape index (κ2) is 8.29. The predicted molar refractivity (Wildman–Crippen MR) is 95.5 cm³/mol. The molecule has 3 heterocycles. The van der Waals surface area contributed by atoms with Crippen LogP contribution in [0.3, 0.4) is 0 Å². The third-order valence-electron chi connectivity index (χ3n) is 4.73. The van der Waals surface area contributed by atoms with Gasteiger partial charge in [0.15, 0.2) is 0 Å². The summed E-state index contributed by atoms with van der Waals surface area (Å²) in [4.78, 5) is 25.1. The lowest BCUT2D eigenvalue weighted by Gasteiger charge is -2.46. The third-order valence-corrected chi connectivity index (χ3v) is 4.73. The van der Waals surface area contributed by atoms with Crippen LogP contribution in [0.4, 0.5) is 32.2 Å². The van der Waals surface area contributed by atoms with Gasteiger partial charge in [-0.05, 0) is 26.0 Å². The molecule has 0 aliphatic carbocycles. The van der Waals surface area contributed by atoms with Crippen LogP contribution in [0.5, 0.6) is 0 Å². The molecule has 1 aliphatic heterocycles. The maximum Gasteiger partial charge on any atom is 0.522 e. The fourth-order valence-electron chi connectivity index (χ4n) is 3.01. The predicted octanol–water partition coefficient (Wildman–Crippen LogP) is 3.49. The van der Waals surface area contributed by atoms with Crippen molar-refractivity contribution in [2.24, 2.45) is 0 Å². The van der Waals surface area contributed by atoms with Crippen LogP contribution in [0.15, 0.2) is 30.7 Å². The Labute approximate surface area is 172 Å². The number of anilines is 1. The maximum absolute atomic E-state index is 12.6. The summed E-state index contributed by atoms with van der Waals surface area (Å²) in [5, 5.41) is 2.81. The average molecular weight is 449 g/mol. The summed E-state index contributed by atoms with van der Waals surface area (Å²) in [6.45, 7) is 2.76. The Kier molecular flexibility index (Phi) is 6.07. The third kappa shape index (κ3) is 5.40. The zero-order valence-electron chi connectivity index (χ0n) is 16.2. The number of halogens is 6. The van der Waals surface area contributed by atoms with Gasteiger partial charge in [-0.2, -0.15) is 13.2 Å². The molecule has 1 saturated heterocycles. The summed E-state index contributed by atoms with van der Waals surface area (Å²) in [5.41, 5.74) is -0.463. The van der Waals surface area contributed by atoms with E-state index in [1.54, 1.807) is 0 Å². The zero-order valence-corrected chi connectivity index (χ0v) is 16.2. The molecule has 1 aliphatic rings. The van der Waals surface area contributed by atoms with Crippen LogP contribution in [0, 0.1) is 0 Å². The molecule has 168 valence electrons. The smallest absolute Gasteiger partial charge is 0.359 e. The number of hydrogen-bond acceptors (Lipinski definition) is 6. The Morgan fingerprint density at radius 2 is 1.90 bits per heavy atom. The number of amides is 1. The lowest BCUT2D eigenvalue weighted by atomic mass is 10.00.